The molecule has 1 aromatic carbocycles. The van der Waals surface area contributed by atoms with Gasteiger partial charge in [0.25, 0.3) is 0 Å². The first-order valence-corrected chi connectivity index (χ1v) is 5.25. The van der Waals surface area contributed by atoms with Crippen molar-refractivity contribution in [3.05, 3.63) is 29.3 Å². The molecule has 0 atom stereocenters. The van der Waals surface area contributed by atoms with Crippen molar-refractivity contribution in [1.29, 1.82) is 0 Å². The van der Waals surface area contributed by atoms with Gasteiger partial charge in [-0.15, -0.1) is 0 Å². The van der Waals surface area contributed by atoms with Gasteiger partial charge in [0, 0.05) is 5.56 Å². The largest absolute Gasteiger partial charge is 0.492 e. The van der Waals surface area contributed by atoms with Crippen LogP contribution in [0.25, 0.3) is 0 Å². The molecule has 0 radical (unpaired) electrons. The predicted octanol–water partition coefficient (Wildman–Crippen LogP) is 1.45. The van der Waals surface area contributed by atoms with Gasteiger partial charge in [-0.3, -0.25) is 4.79 Å². The van der Waals surface area contributed by atoms with Gasteiger partial charge >= 0.3 is 0 Å². The minimum atomic E-state index is -0.410. The highest BCUT2D eigenvalue weighted by molar-refractivity contribution is 6.00. The van der Waals surface area contributed by atoms with E-state index in [2.05, 4.69) is 5.16 Å². The number of hydrogen-bond acceptors (Lipinski definition) is 4. The van der Waals surface area contributed by atoms with E-state index in [1.165, 1.54) is 0 Å². The molecule has 0 aliphatic carbocycles. The van der Waals surface area contributed by atoms with Crippen molar-refractivity contribution in [2.45, 2.75) is 20.3 Å². The maximum Gasteiger partial charge on any atom is 0.220 e. The van der Waals surface area contributed by atoms with E-state index in [1.807, 2.05) is 25.1 Å². The summed E-state index contributed by atoms with van der Waals surface area (Å²) in [6.07, 6.45) is 0.155. The van der Waals surface area contributed by atoms with Crippen molar-refractivity contribution >= 4 is 11.6 Å². The molecule has 1 rings (SSSR count). The summed E-state index contributed by atoms with van der Waals surface area (Å²) in [7, 11) is 0. The fourth-order valence-electron chi connectivity index (χ4n) is 1.36. The molecular formula is C12H16N2O3. The quantitative estimate of drug-likeness (QED) is 0.461. The molecule has 1 amide bonds. The molecular weight excluding hydrogens is 220 g/mol. The molecule has 0 saturated heterocycles. The molecule has 0 spiro atoms. The number of oxime groups is 1. The van der Waals surface area contributed by atoms with Crippen molar-refractivity contribution in [2.75, 3.05) is 6.61 Å². The average molecular weight is 236 g/mol. The van der Waals surface area contributed by atoms with Gasteiger partial charge in [0.2, 0.25) is 5.91 Å². The lowest BCUT2D eigenvalue weighted by Gasteiger charge is -2.11. The van der Waals surface area contributed by atoms with Gasteiger partial charge < -0.3 is 15.7 Å². The van der Waals surface area contributed by atoms with Crippen molar-refractivity contribution in [2.24, 2.45) is 10.9 Å². The minimum Gasteiger partial charge on any atom is -0.492 e. The van der Waals surface area contributed by atoms with Crippen LogP contribution in [0.2, 0.25) is 0 Å². The molecule has 0 saturated carbocycles. The Bertz CT molecular complexity index is 441. The van der Waals surface area contributed by atoms with Gasteiger partial charge in [-0.05, 0) is 31.5 Å². The Balaban J connectivity index is 2.87. The standard InChI is InChI=1S/C12H16N2O3/c1-8-3-4-10(9(2)14-16)11(7-8)17-6-5-12(13)15/h3-4,7,16H,5-6H2,1-2H3,(H2,13,15)/b14-9-. The molecule has 92 valence electrons. The molecule has 5 nitrogen and oxygen atoms in total. The minimum absolute atomic E-state index is 0.155. The highest BCUT2D eigenvalue weighted by atomic mass is 16.5. The zero-order valence-electron chi connectivity index (χ0n) is 9.93. The molecule has 0 unspecified atom stereocenters. The highest BCUT2D eigenvalue weighted by Gasteiger charge is 2.08. The normalized spacial score (nSPS) is 11.3. The smallest absolute Gasteiger partial charge is 0.220 e. The first-order chi connectivity index (χ1) is 8.04. The number of nitrogens with two attached hydrogens (primary N) is 1. The number of primary amides is 1. The lowest BCUT2D eigenvalue weighted by molar-refractivity contribution is -0.118. The van der Waals surface area contributed by atoms with E-state index >= 15 is 0 Å². The molecule has 3 N–H and O–H groups in total. The van der Waals surface area contributed by atoms with E-state index in [-0.39, 0.29) is 13.0 Å². The Morgan fingerprint density at radius 1 is 1.53 bits per heavy atom. The summed E-state index contributed by atoms with van der Waals surface area (Å²) in [5.74, 6) is 0.174. The summed E-state index contributed by atoms with van der Waals surface area (Å²) in [6, 6.07) is 5.53. The fourth-order valence-corrected chi connectivity index (χ4v) is 1.36. The zero-order valence-corrected chi connectivity index (χ0v) is 9.93. The fraction of sp³-hybridized carbons (Fsp3) is 0.333. The lowest BCUT2D eigenvalue weighted by Crippen LogP contribution is -2.15. The molecule has 0 aliphatic heterocycles. The number of carbonyl (C=O) groups excluding carboxylic acids is 1. The van der Waals surface area contributed by atoms with Gasteiger partial charge in [-0.2, -0.15) is 0 Å². The molecule has 0 fully saturated rings. The number of amides is 1. The number of hydrogen-bond donors (Lipinski definition) is 2. The Kier molecular flexibility index (Phi) is 4.51. The van der Waals surface area contributed by atoms with Crippen LogP contribution in [0, 0.1) is 6.92 Å². The third-order valence-corrected chi connectivity index (χ3v) is 2.28. The maximum atomic E-state index is 10.6. The summed E-state index contributed by atoms with van der Waals surface area (Å²) in [6.45, 7) is 3.81. The first-order valence-electron chi connectivity index (χ1n) is 5.25. The van der Waals surface area contributed by atoms with E-state index in [9.17, 15) is 4.79 Å². The number of ether oxygens (including phenoxy) is 1. The maximum absolute atomic E-state index is 10.6. The summed E-state index contributed by atoms with van der Waals surface area (Å²) >= 11 is 0. The van der Waals surface area contributed by atoms with Gasteiger partial charge in [0.05, 0.1) is 18.7 Å². The Labute approximate surface area is 99.9 Å². The molecule has 0 aromatic heterocycles. The van der Waals surface area contributed by atoms with E-state index in [4.69, 9.17) is 15.7 Å². The first kappa shape index (κ1) is 13.0. The van der Waals surface area contributed by atoms with E-state index in [0.717, 1.165) is 5.56 Å². The van der Waals surface area contributed by atoms with E-state index < -0.39 is 5.91 Å². The van der Waals surface area contributed by atoms with E-state index in [0.29, 0.717) is 17.0 Å². The van der Waals surface area contributed by atoms with Crippen molar-refractivity contribution in [1.82, 2.24) is 0 Å². The van der Waals surface area contributed by atoms with Gasteiger partial charge in [0.15, 0.2) is 0 Å². The molecule has 17 heavy (non-hydrogen) atoms. The van der Waals surface area contributed by atoms with E-state index in [1.54, 1.807) is 6.92 Å². The van der Waals surface area contributed by atoms with Crippen LogP contribution >= 0.6 is 0 Å². The van der Waals surface area contributed by atoms with Crippen LogP contribution in [0.3, 0.4) is 0 Å². The summed E-state index contributed by atoms with van der Waals surface area (Å²) in [5, 5.41) is 11.9. The number of nitrogens with zero attached hydrogens (tertiary/aromatic N) is 1. The number of rotatable bonds is 5. The monoisotopic (exact) mass is 236 g/mol. The van der Waals surface area contributed by atoms with Crippen LogP contribution in [-0.2, 0) is 4.79 Å². The van der Waals surface area contributed by atoms with Crippen LogP contribution in [0.1, 0.15) is 24.5 Å². The lowest BCUT2D eigenvalue weighted by atomic mass is 10.1. The second-order valence-corrected chi connectivity index (χ2v) is 3.75. The molecule has 0 heterocycles. The topological polar surface area (TPSA) is 84.9 Å². The highest BCUT2D eigenvalue weighted by Crippen LogP contribution is 2.21. The van der Waals surface area contributed by atoms with Gasteiger partial charge in [0.1, 0.15) is 5.75 Å². The van der Waals surface area contributed by atoms with Crippen LogP contribution in [0.5, 0.6) is 5.75 Å². The van der Waals surface area contributed by atoms with Crippen molar-refractivity contribution in [3.8, 4) is 5.75 Å². The number of carbonyl (C=O) groups is 1. The summed E-state index contributed by atoms with van der Waals surface area (Å²) < 4.78 is 5.46. The zero-order chi connectivity index (χ0) is 12.8. The van der Waals surface area contributed by atoms with Crippen LogP contribution in [0.4, 0.5) is 0 Å². The predicted molar refractivity (Wildman–Crippen MR) is 64.5 cm³/mol. The molecule has 0 bridgehead atoms. The Hall–Kier alpha value is -2.04. The Morgan fingerprint density at radius 2 is 2.24 bits per heavy atom. The second kappa shape index (κ2) is 5.89. The summed E-state index contributed by atoms with van der Waals surface area (Å²) in [4.78, 5) is 10.6. The summed E-state index contributed by atoms with van der Waals surface area (Å²) in [5.41, 5.74) is 7.20. The number of aryl methyl sites for hydroxylation is 1. The van der Waals surface area contributed by atoms with Crippen LogP contribution < -0.4 is 10.5 Å². The molecule has 0 aliphatic rings. The van der Waals surface area contributed by atoms with Crippen LogP contribution in [0.15, 0.2) is 23.4 Å². The SMILES string of the molecule is C/C(=N/O)c1ccc(C)cc1OCCC(N)=O. The van der Waals surface area contributed by atoms with Gasteiger partial charge in [-0.1, -0.05) is 11.2 Å². The molecule has 5 heteroatoms. The number of benzene rings is 1. The second-order valence-electron chi connectivity index (χ2n) is 3.75. The third kappa shape index (κ3) is 3.79. The third-order valence-electron chi connectivity index (χ3n) is 2.28. The van der Waals surface area contributed by atoms with Crippen molar-refractivity contribution < 1.29 is 14.7 Å². The Morgan fingerprint density at radius 3 is 2.82 bits per heavy atom. The van der Waals surface area contributed by atoms with Crippen molar-refractivity contribution in [3.63, 3.8) is 0 Å². The van der Waals surface area contributed by atoms with Crippen LogP contribution in [-0.4, -0.2) is 23.4 Å². The van der Waals surface area contributed by atoms with Gasteiger partial charge in [-0.25, -0.2) is 0 Å². The average Bonchev–Trinajstić information content (AvgIpc) is 2.28. The molecule has 1 aromatic rings.